The smallest absolute Gasteiger partial charge is 0.275 e. The summed E-state index contributed by atoms with van der Waals surface area (Å²) in [6.07, 6.45) is 2.45. The Morgan fingerprint density at radius 2 is 2.07 bits per heavy atom. The van der Waals surface area contributed by atoms with Crippen molar-refractivity contribution in [3.63, 3.8) is 0 Å². The molecule has 1 aromatic carbocycles. The third kappa shape index (κ3) is 5.70. The summed E-state index contributed by atoms with van der Waals surface area (Å²) < 4.78 is 43.7. The number of nitrogens with one attached hydrogen (secondary N) is 1. The molecule has 0 aliphatic carbocycles. The van der Waals surface area contributed by atoms with Crippen LogP contribution in [0.15, 0.2) is 35.6 Å². The van der Waals surface area contributed by atoms with Gasteiger partial charge in [-0.1, -0.05) is 0 Å². The van der Waals surface area contributed by atoms with Crippen LogP contribution in [-0.4, -0.2) is 55.3 Å². The first-order valence-corrected chi connectivity index (χ1v) is 10.3. The van der Waals surface area contributed by atoms with Gasteiger partial charge in [0.25, 0.3) is 5.91 Å². The van der Waals surface area contributed by atoms with E-state index in [1.54, 1.807) is 0 Å². The lowest BCUT2D eigenvalue weighted by Gasteiger charge is -2.13. The number of anilines is 1. The number of benzene rings is 1. The molecule has 2 aromatic rings. The second kappa shape index (κ2) is 9.41. The van der Waals surface area contributed by atoms with Gasteiger partial charge in [-0.25, -0.2) is 22.8 Å². The molecule has 1 atom stereocenters. The van der Waals surface area contributed by atoms with Crippen LogP contribution in [0.3, 0.4) is 0 Å². The predicted octanol–water partition coefficient (Wildman–Crippen LogP) is 1.21. The first-order valence-electron chi connectivity index (χ1n) is 8.57. The van der Waals surface area contributed by atoms with Crippen molar-refractivity contribution < 1.29 is 22.3 Å². The van der Waals surface area contributed by atoms with Crippen LogP contribution in [0.1, 0.15) is 23.0 Å². The first kappa shape index (κ1) is 22.2. The van der Waals surface area contributed by atoms with Crippen LogP contribution in [0.5, 0.6) is 5.88 Å². The minimum atomic E-state index is -3.61. The normalized spacial score (nSPS) is 13.0. The maximum absolute atomic E-state index is 14.1. The maximum atomic E-state index is 14.1. The number of carbonyl (C=O) groups is 1. The minimum absolute atomic E-state index is 0.00733. The summed E-state index contributed by atoms with van der Waals surface area (Å²) in [5.41, 5.74) is 6.07. The Hall–Kier alpha value is -3.08. The van der Waals surface area contributed by atoms with Gasteiger partial charge in [-0.2, -0.15) is 0 Å². The number of methoxy groups -OCH3 is 1. The van der Waals surface area contributed by atoms with Crippen LogP contribution in [-0.2, 0) is 16.3 Å². The standard InChI is InChI=1S/C18H22FN5O4S/c1-11(17(20)21-2)29(26,27)7-6-12-8-13(4-5-14(12)19)24-18(25)15-9-23-16(28-3)10-22-15/h4-5,8-11H,6-7H2,1-3H3,(H2,20,21)(H,24,25). The number of carbonyl (C=O) groups excluding carboxylic acids is 1. The number of hydrogen-bond donors (Lipinski definition) is 2. The lowest BCUT2D eigenvalue weighted by molar-refractivity contribution is 0.102. The molecule has 3 N–H and O–H groups in total. The van der Waals surface area contributed by atoms with Crippen molar-refractivity contribution >= 4 is 27.3 Å². The van der Waals surface area contributed by atoms with E-state index in [0.717, 1.165) is 6.07 Å². The highest BCUT2D eigenvalue weighted by atomic mass is 32.2. The molecule has 2 rings (SSSR count). The van der Waals surface area contributed by atoms with E-state index in [2.05, 4.69) is 20.3 Å². The molecular weight excluding hydrogens is 401 g/mol. The number of aromatic nitrogens is 2. The third-order valence-electron chi connectivity index (χ3n) is 4.24. The van der Waals surface area contributed by atoms with Crippen LogP contribution in [0.2, 0.25) is 0 Å². The van der Waals surface area contributed by atoms with Gasteiger partial charge in [0.1, 0.15) is 22.6 Å². The van der Waals surface area contributed by atoms with Crippen LogP contribution < -0.4 is 15.8 Å². The first-order chi connectivity index (χ1) is 13.7. The summed E-state index contributed by atoms with van der Waals surface area (Å²) in [5.74, 6) is -1.19. The number of nitrogens with zero attached hydrogens (tertiary/aromatic N) is 3. The summed E-state index contributed by atoms with van der Waals surface area (Å²) in [6, 6.07) is 3.90. The quantitative estimate of drug-likeness (QED) is 0.481. The molecule has 0 spiro atoms. The molecule has 1 unspecified atom stereocenters. The van der Waals surface area contributed by atoms with Crippen molar-refractivity contribution in [2.75, 3.05) is 25.2 Å². The Morgan fingerprint density at radius 1 is 1.34 bits per heavy atom. The van der Waals surface area contributed by atoms with Crippen molar-refractivity contribution in [2.45, 2.75) is 18.6 Å². The number of aliphatic imine (C=N–C) groups is 1. The monoisotopic (exact) mass is 423 g/mol. The van der Waals surface area contributed by atoms with Gasteiger partial charge in [0.2, 0.25) is 5.88 Å². The zero-order valence-corrected chi connectivity index (χ0v) is 17.0. The fourth-order valence-corrected chi connectivity index (χ4v) is 3.70. The largest absolute Gasteiger partial charge is 0.480 e. The molecule has 0 bridgehead atoms. The average molecular weight is 423 g/mol. The van der Waals surface area contributed by atoms with E-state index in [4.69, 9.17) is 10.5 Å². The molecule has 1 aromatic heterocycles. The van der Waals surface area contributed by atoms with E-state index in [1.807, 2.05) is 0 Å². The van der Waals surface area contributed by atoms with Gasteiger partial charge in [-0.3, -0.25) is 9.79 Å². The van der Waals surface area contributed by atoms with Crippen molar-refractivity contribution in [3.05, 3.63) is 47.7 Å². The van der Waals surface area contributed by atoms with E-state index >= 15 is 0 Å². The minimum Gasteiger partial charge on any atom is -0.480 e. The van der Waals surface area contributed by atoms with Gasteiger partial charge in [-0.05, 0) is 37.1 Å². The van der Waals surface area contributed by atoms with Crippen molar-refractivity contribution in [1.82, 2.24) is 9.97 Å². The Kier molecular flexibility index (Phi) is 7.21. The second-order valence-electron chi connectivity index (χ2n) is 6.11. The number of ether oxygens (including phenoxy) is 1. The van der Waals surface area contributed by atoms with Crippen LogP contribution in [0, 0.1) is 5.82 Å². The highest BCUT2D eigenvalue weighted by Gasteiger charge is 2.24. The number of halogens is 1. The van der Waals surface area contributed by atoms with E-state index in [-0.39, 0.29) is 35.1 Å². The Balaban J connectivity index is 2.12. The molecule has 0 radical (unpaired) electrons. The molecule has 0 aliphatic rings. The van der Waals surface area contributed by atoms with Crippen LogP contribution >= 0.6 is 0 Å². The Morgan fingerprint density at radius 3 is 2.66 bits per heavy atom. The molecule has 29 heavy (non-hydrogen) atoms. The molecule has 9 nitrogen and oxygen atoms in total. The summed E-state index contributed by atoms with van der Waals surface area (Å²) in [5, 5.41) is 1.61. The maximum Gasteiger partial charge on any atom is 0.275 e. The van der Waals surface area contributed by atoms with E-state index < -0.39 is 26.8 Å². The molecule has 11 heteroatoms. The number of amidine groups is 1. The lowest BCUT2D eigenvalue weighted by Crippen LogP contribution is -2.35. The fraction of sp³-hybridized carbons (Fsp3) is 0.333. The summed E-state index contributed by atoms with van der Waals surface area (Å²) >= 11 is 0. The number of nitrogens with two attached hydrogens (primary N) is 1. The lowest BCUT2D eigenvalue weighted by atomic mass is 10.1. The SMILES string of the molecule is CN=C(N)C(C)S(=O)(=O)CCc1cc(NC(=O)c2cnc(OC)cn2)ccc1F. The number of hydrogen-bond acceptors (Lipinski definition) is 7. The van der Waals surface area contributed by atoms with Gasteiger partial charge in [0, 0.05) is 12.7 Å². The fourth-order valence-electron chi connectivity index (χ4n) is 2.37. The highest BCUT2D eigenvalue weighted by Crippen LogP contribution is 2.18. The number of rotatable bonds is 8. The molecular formula is C18H22FN5O4S. The predicted molar refractivity (Wildman–Crippen MR) is 107 cm³/mol. The van der Waals surface area contributed by atoms with Crippen molar-refractivity contribution in [1.29, 1.82) is 0 Å². The van der Waals surface area contributed by atoms with Crippen LogP contribution in [0.4, 0.5) is 10.1 Å². The number of amides is 1. The molecule has 0 saturated carbocycles. The van der Waals surface area contributed by atoms with Gasteiger partial charge in [0.15, 0.2) is 9.84 Å². The zero-order valence-electron chi connectivity index (χ0n) is 16.2. The Bertz CT molecular complexity index is 1010. The third-order valence-corrected chi connectivity index (χ3v) is 6.33. The van der Waals surface area contributed by atoms with Gasteiger partial charge < -0.3 is 15.8 Å². The number of aryl methyl sites for hydroxylation is 1. The van der Waals surface area contributed by atoms with Gasteiger partial charge >= 0.3 is 0 Å². The van der Waals surface area contributed by atoms with Crippen molar-refractivity contribution in [3.8, 4) is 5.88 Å². The molecule has 156 valence electrons. The van der Waals surface area contributed by atoms with Crippen LogP contribution in [0.25, 0.3) is 0 Å². The number of sulfone groups is 1. The molecule has 0 aliphatic heterocycles. The summed E-state index contributed by atoms with van der Waals surface area (Å²) in [4.78, 5) is 23.8. The second-order valence-corrected chi connectivity index (χ2v) is 8.55. The zero-order chi connectivity index (χ0) is 21.6. The van der Waals surface area contributed by atoms with Gasteiger partial charge in [-0.15, -0.1) is 0 Å². The van der Waals surface area contributed by atoms with E-state index in [0.29, 0.717) is 5.69 Å². The summed E-state index contributed by atoms with van der Waals surface area (Å²) in [6.45, 7) is 1.43. The van der Waals surface area contributed by atoms with E-state index in [9.17, 15) is 17.6 Å². The van der Waals surface area contributed by atoms with Gasteiger partial charge in [0.05, 0.1) is 25.3 Å². The molecule has 0 fully saturated rings. The molecule has 1 amide bonds. The Labute approximate surface area is 168 Å². The highest BCUT2D eigenvalue weighted by molar-refractivity contribution is 7.92. The average Bonchev–Trinajstić information content (AvgIpc) is 2.72. The van der Waals surface area contributed by atoms with E-state index in [1.165, 1.54) is 45.6 Å². The summed E-state index contributed by atoms with van der Waals surface area (Å²) in [7, 11) is -0.784. The molecule has 0 saturated heterocycles. The molecule has 1 heterocycles. The van der Waals surface area contributed by atoms with Crippen molar-refractivity contribution in [2.24, 2.45) is 10.7 Å². The topological polar surface area (TPSA) is 137 Å².